The Morgan fingerprint density at radius 1 is 1.35 bits per heavy atom. The van der Waals surface area contributed by atoms with E-state index in [1.165, 1.54) is 0 Å². The zero-order chi connectivity index (χ0) is 12.3. The van der Waals surface area contributed by atoms with Gasteiger partial charge < -0.3 is 9.67 Å². The van der Waals surface area contributed by atoms with E-state index in [9.17, 15) is 5.11 Å². The average Bonchev–Trinajstić information content (AvgIpc) is 2.73. The monoisotopic (exact) mass is 249 g/mol. The topological polar surface area (TPSA) is 50.9 Å². The maximum Gasteiger partial charge on any atom is 0.142 e. The van der Waals surface area contributed by atoms with Gasteiger partial charge in [0.25, 0.3) is 0 Å². The summed E-state index contributed by atoms with van der Waals surface area (Å²) in [6.07, 6.45) is 1.29. The molecule has 1 atom stereocenters. The van der Waals surface area contributed by atoms with Gasteiger partial charge in [0.05, 0.1) is 11.9 Å². The Labute approximate surface area is 105 Å². The first kappa shape index (κ1) is 12.1. The maximum absolute atomic E-state index is 9.40. The fourth-order valence-corrected chi connectivity index (χ4v) is 2.31. The second kappa shape index (κ2) is 5.33. The van der Waals surface area contributed by atoms with E-state index in [2.05, 4.69) is 10.2 Å². The second-order valence-corrected chi connectivity index (χ2v) is 4.94. The van der Waals surface area contributed by atoms with Crippen LogP contribution in [0.25, 0.3) is 0 Å². The van der Waals surface area contributed by atoms with Gasteiger partial charge in [0.15, 0.2) is 0 Å². The Morgan fingerprint density at radius 3 is 2.59 bits per heavy atom. The number of aryl methyl sites for hydroxylation is 1. The van der Waals surface area contributed by atoms with Crippen molar-refractivity contribution in [3.63, 3.8) is 0 Å². The number of rotatable bonds is 4. The minimum absolute atomic E-state index is 0.409. The number of nitrogens with zero attached hydrogens (tertiary/aromatic N) is 3. The van der Waals surface area contributed by atoms with Crippen LogP contribution in [0.2, 0.25) is 0 Å². The Balaban J connectivity index is 1.98. The van der Waals surface area contributed by atoms with Crippen molar-refractivity contribution in [1.82, 2.24) is 14.8 Å². The Bertz CT molecular complexity index is 479. The smallest absolute Gasteiger partial charge is 0.142 e. The van der Waals surface area contributed by atoms with Gasteiger partial charge in [0, 0.05) is 11.9 Å². The van der Waals surface area contributed by atoms with E-state index in [4.69, 9.17) is 0 Å². The van der Waals surface area contributed by atoms with Crippen LogP contribution in [0, 0.1) is 0 Å². The van der Waals surface area contributed by atoms with Crippen molar-refractivity contribution in [2.24, 2.45) is 7.05 Å². The minimum atomic E-state index is -0.409. The lowest BCUT2D eigenvalue weighted by atomic mass is 10.1. The van der Waals surface area contributed by atoms with Gasteiger partial charge in [-0.1, -0.05) is 12.1 Å². The SMILES string of the molecule is CC(O)c1ccc(SCc2nncn2C)cc1. The minimum Gasteiger partial charge on any atom is -0.389 e. The van der Waals surface area contributed by atoms with Gasteiger partial charge in [-0.3, -0.25) is 0 Å². The van der Waals surface area contributed by atoms with E-state index in [1.54, 1.807) is 25.0 Å². The molecule has 5 heteroatoms. The van der Waals surface area contributed by atoms with E-state index < -0.39 is 6.10 Å². The molecule has 2 aromatic rings. The van der Waals surface area contributed by atoms with Crippen LogP contribution >= 0.6 is 11.8 Å². The molecule has 1 N–H and O–H groups in total. The number of hydrogen-bond donors (Lipinski definition) is 1. The molecule has 4 nitrogen and oxygen atoms in total. The lowest BCUT2D eigenvalue weighted by Crippen LogP contribution is -1.94. The molecule has 1 aromatic carbocycles. The lowest BCUT2D eigenvalue weighted by molar-refractivity contribution is 0.199. The molecule has 0 aliphatic carbocycles. The third-order valence-electron chi connectivity index (χ3n) is 2.54. The van der Waals surface area contributed by atoms with E-state index in [1.807, 2.05) is 35.9 Å². The predicted octanol–water partition coefficient (Wildman–Crippen LogP) is 2.16. The molecule has 0 radical (unpaired) electrons. The molecule has 2 rings (SSSR count). The van der Waals surface area contributed by atoms with Crippen LogP contribution in [0.5, 0.6) is 0 Å². The van der Waals surface area contributed by atoms with Crippen molar-refractivity contribution in [1.29, 1.82) is 0 Å². The van der Waals surface area contributed by atoms with Gasteiger partial charge in [-0.15, -0.1) is 22.0 Å². The molecular weight excluding hydrogens is 234 g/mol. The summed E-state index contributed by atoms with van der Waals surface area (Å²) < 4.78 is 1.91. The zero-order valence-corrected chi connectivity index (χ0v) is 10.7. The van der Waals surface area contributed by atoms with Gasteiger partial charge in [-0.05, 0) is 24.6 Å². The Morgan fingerprint density at radius 2 is 2.06 bits per heavy atom. The molecule has 0 spiro atoms. The van der Waals surface area contributed by atoms with E-state index in [0.29, 0.717) is 0 Å². The Kier molecular flexibility index (Phi) is 3.81. The number of benzene rings is 1. The fourth-order valence-electron chi connectivity index (χ4n) is 1.43. The molecule has 0 aliphatic heterocycles. The van der Waals surface area contributed by atoms with Crippen molar-refractivity contribution in [2.45, 2.75) is 23.7 Å². The number of hydrogen-bond acceptors (Lipinski definition) is 4. The van der Waals surface area contributed by atoms with Crippen LogP contribution in [-0.4, -0.2) is 19.9 Å². The molecule has 17 heavy (non-hydrogen) atoms. The molecule has 1 aromatic heterocycles. The summed E-state index contributed by atoms with van der Waals surface area (Å²) in [5.41, 5.74) is 0.938. The molecule has 0 amide bonds. The molecule has 0 fully saturated rings. The molecule has 0 bridgehead atoms. The Hall–Kier alpha value is -1.33. The third kappa shape index (κ3) is 3.08. The average molecular weight is 249 g/mol. The molecule has 0 saturated carbocycles. The van der Waals surface area contributed by atoms with Gasteiger partial charge in [-0.25, -0.2) is 0 Å². The van der Waals surface area contributed by atoms with Gasteiger partial charge in [-0.2, -0.15) is 0 Å². The van der Waals surface area contributed by atoms with Crippen LogP contribution in [0.1, 0.15) is 24.4 Å². The highest BCUT2D eigenvalue weighted by molar-refractivity contribution is 7.98. The predicted molar refractivity (Wildman–Crippen MR) is 67.6 cm³/mol. The quantitative estimate of drug-likeness (QED) is 0.844. The van der Waals surface area contributed by atoms with Crippen molar-refractivity contribution < 1.29 is 5.11 Å². The normalized spacial score (nSPS) is 12.6. The first-order valence-corrected chi connectivity index (χ1v) is 6.39. The molecule has 90 valence electrons. The number of aliphatic hydroxyl groups excluding tert-OH is 1. The van der Waals surface area contributed by atoms with Crippen LogP contribution in [-0.2, 0) is 12.8 Å². The summed E-state index contributed by atoms with van der Waals surface area (Å²) in [5, 5.41) is 17.3. The lowest BCUT2D eigenvalue weighted by Gasteiger charge is -2.06. The van der Waals surface area contributed by atoms with E-state index in [-0.39, 0.29) is 0 Å². The van der Waals surface area contributed by atoms with Crippen molar-refractivity contribution in [3.8, 4) is 0 Å². The summed E-state index contributed by atoms with van der Waals surface area (Å²) in [6, 6.07) is 7.93. The first-order valence-electron chi connectivity index (χ1n) is 5.40. The molecule has 1 heterocycles. The zero-order valence-electron chi connectivity index (χ0n) is 9.87. The standard InChI is InChI=1S/C12H15N3OS/c1-9(16)10-3-5-11(6-4-10)17-7-12-14-13-8-15(12)2/h3-6,8-9,16H,7H2,1-2H3. The van der Waals surface area contributed by atoms with E-state index in [0.717, 1.165) is 22.0 Å². The highest BCUT2D eigenvalue weighted by atomic mass is 32.2. The van der Waals surface area contributed by atoms with Crippen LogP contribution in [0.3, 0.4) is 0 Å². The number of thioether (sulfide) groups is 1. The van der Waals surface area contributed by atoms with E-state index >= 15 is 0 Å². The molecule has 0 saturated heterocycles. The third-order valence-corrected chi connectivity index (χ3v) is 3.54. The van der Waals surface area contributed by atoms with Crippen molar-refractivity contribution in [3.05, 3.63) is 42.0 Å². The summed E-state index contributed by atoms with van der Waals surface area (Å²) in [4.78, 5) is 1.16. The largest absolute Gasteiger partial charge is 0.389 e. The first-order chi connectivity index (χ1) is 8.16. The van der Waals surface area contributed by atoms with Crippen LogP contribution in [0.4, 0.5) is 0 Å². The molecule has 0 aliphatic rings. The fraction of sp³-hybridized carbons (Fsp3) is 0.333. The summed E-state index contributed by atoms with van der Waals surface area (Å²) in [7, 11) is 1.94. The number of aliphatic hydroxyl groups is 1. The molecular formula is C12H15N3OS. The van der Waals surface area contributed by atoms with Crippen molar-refractivity contribution >= 4 is 11.8 Å². The van der Waals surface area contributed by atoms with Gasteiger partial charge in [0.2, 0.25) is 0 Å². The van der Waals surface area contributed by atoms with Gasteiger partial charge in [0.1, 0.15) is 12.2 Å². The second-order valence-electron chi connectivity index (χ2n) is 3.89. The van der Waals surface area contributed by atoms with Crippen LogP contribution in [0.15, 0.2) is 35.5 Å². The maximum atomic E-state index is 9.40. The summed E-state index contributed by atoms with van der Waals surface area (Å²) in [6.45, 7) is 1.77. The van der Waals surface area contributed by atoms with Gasteiger partial charge >= 0.3 is 0 Å². The summed E-state index contributed by atoms with van der Waals surface area (Å²) in [5.74, 6) is 1.75. The highest BCUT2D eigenvalue weighted by Gasteiger charge is 2.03. The van der Waals surface area contributed by atoms with Crippen LogP contribution < -0.4 is 0 Å². The number of aromatic nitrogens is 3. The molecule has 1 unspecified atom stereocenters. The van der Waals surface area contributed by atoms with Crippen molar-refractivity contribution in [2.75, 3.05) is 0 Å². The highest BCUT2D eigenvalue weighted by Crippen LogP contribution is 2.23. The summed E-state index contributed by atoms with van der Waals surface area (Å²) >= 11 is 1.71.